The maximum atomic E-state index is 11.3. The highest BCUT2D eigenvalue weighted by Crippen LogP contribution is 2.39. The molecule has 212 valence electrons. The molecule has 0 saturated heterocycles. The van der Waals surface area contributed by atoms with Crippen molar-refractivity contribution in [3.05, 3.63) is 0 Å². The van der Waals surface area contributed by atoms with E-state index in [0.717, 1.165) is 89.9 Å². The van der Waals surface area contributed by atoms with Crippen molar-refractivity contribution in [2.75, 3.05) is 6.61 Å². The molecular formula is C31H58O5. The van der Waals surface area contributed by atoms with Crippen molar-refractivity contribution >= 4 is 5.97 Å². The van der Waals surface area contributed by atoms with Gasteiger partial charge in [0.25, 0.3) is 0 Å². The van der Waals surface area contributed by atoms with Gasteiger partial charge in [-0.3, -0.25) is 4.79 Å². The lowest BCUT2D eigenvalue weighted by molar-refractivity contribution is -0.147. The zero-order valence-corrected chi connectivity index (χ0v) is 23.9. The highest BCUT2D eigenvalue weighted by Gasteiger charge is 2.34. The summed E-state index contributed by atoms with van der Waals surface area (Å²) in [6.45, 7) is 8.07. The Balaban J connectivity index is 1.68. The largest absolute Gasteiger partial charge is 0.481 e. The molecule has 2 aliphatic rings. The van der Waals surface area contributed by atoms with Crippen LogP contribution >= 0.6 is 0 Å². The van der Waals surface area contributed by atoms with E-state index in [1.807, 2.05) is 0 Å². The molecule has 5 heteroatoms. The van der Waals surface area contributed by atoms with Crippen molar-refractivity contribution in [3.8, 4) is 0 Å². The Morgan fingerprint density at radius 2 is 1.06 bits per heavy atom. The lowest BCUT2D eigenvalue weighted by Gasteiger charge is -2.37. The van der Waals surface area contributed by atoms with Crippen molar-refractivity contribution < 1.29 is 25.2 Å². The highest BCUT2D eigenvalue weighted by atomic mass is 16.4. The fourth-order valence-electron chi connectivity index (χ4n) is 6.81. The molecule has 6 unspecified atom stereocenters. The lowest BCUT2D eigenvalue weighted by Crippen LogP contribution is -2.35. The molecular weight excluding hydrogens is 452 g/mol. The summed E-state index contributed by atoms with van der Waals surface area (Å²) in [5, 5.41) is 40.8. The molecule has 0 aromatic carbocycles. The van der Waals surface area contributed by atoms with E-state index < -0.39 is 11.4 Å². The molecule has 6 atom stereocenters. The number of aliphatic hydroxyl groups is 3. The van der Waals surface area contributed by atoms with Crippen molar-refractivity contribution in [1.29, 1.82) is 0 Å². The first-order chi connectivity index (χ1) is 17.0. The summed E-state index contributed by atoms with van der Waals surface area (Å²) in [6, 6.07) is 0. The minimum absolute atomic E-state index is 0.00761. The second-order valence-electron chi connectivity index (χ2n) is 13.8. The lowest BCUT2D eigenvalue weighted by atomic mass is 9.72. The molecule has 0 spiro atoms. The molecule has 0 aromatic heterocycles. The van der Waals surface area contributed by atoms with E-state index in [0.29, 0.717) is 30.1 Å². The first-order valence-electron chi connectivity index (χ1n) is 15.2. The Morgan fingerprint density at radius 1 is 0.667 bits per heavy atom. The number of aliphatic hydroxyl groups excluding tert-OH is 3. The Hall–Kier alpha value is -0.650. The number of carbonyl (C=O) groups is 1. The van der Waals surface area contributed by atoms with Gasteiger partial charge in [0.2, 0.25) is 0 Å². The van der Waals surface area contributed by atoms with E-state index >= 15 is 0 Å². The van der Waals surface area contributed by atoms with Crippen molar-refractivity contribution in [3.63, 3.8) is 0 Å². The Bertz CT molecular complexity index is 630. The van der Waals surface area contributed by atoms with Crippen LogP contribution in [0.2, 0.25) is 0 Å². The first kappa shape index (κ1) is 31.6. The van der Waals surface area contributed by atoms with Gasteiger partial charge in [-0.1, -0.05) is 58.8 Å². The number of hydrogen-bond donors (Lipinski definition) is 4. The van der Waals surface area contributed by atoms with Crippen molar-refractivity contribution in [1.82, 2.24) is 0 Å². The number of carboxylic acids is 1. The van der Waals surface area contributed by atoms with Crippen LogP contribution in [0.1, 0.15) is 137 Å². The predicted molar refractivity (Wildman–Crippen MR) is 147 cm³/mol. The van der Waals surface area contributed by atoms with E-state index in [2.05, 4.69) is 13.8 Å². The third-order valence-electron chi connectivity index (χ3n) is 9.69. The van der Waals surface area contributed by atoms with Crippen LogP contribution < -0.4 is 0 Å². The van der Waals surface area contributed by atoms with Gasteiger partial charge in [0.1, 0.15) is 0 Å². The summed E-state index contributed by atoms with van der Waals surface area (Å²) in [5.41, 5.74) is -0.652. The number of rotatable bonds is 16. The zero-order valence-electron chi connectivity index (χ0n) is 23.9. The monoisotopic (exact) mass is 510 g/mol. The van der Waals surface area contributed by atoms with Crippen molar-refractivity contribution in [2.45, 2.75) is 149 Å². The summed E-state index contributed by atoms with van der Waals surface area (Å²) < 4.78 is 0. The number of aliphatic carboxylic acids is 1. The molecule has 5 nitrogen and oxygen atoms in total. The fraction of sp³-hybridized carbons (Fsp3) is 0.968. The van der Waals surface area contributed by atoms with Gasteiger partial charge in [-0.05, 0) is 107 Å². The summed E-state index contributed by atoms with van der Waals surface area (Å²) in [4.78, 5) is 11.3. The molecule has 4 N–H and O–H groups in total. The maximum Gasteiger partial charge on any atom is 0.309 e. The van der Waals surface area contributed by atoms with Gasteiger partial charge in [-0.25, -0.2) is 0 Å². The minimum atomic E-state index is -0.725. The first-order valence-corrected chi connectivity index (χ1v) is 15.2. The van der Waals surface area contributed by atoms with Gasteiger partial charge in [-0.15, -0.1) is 0 Å². The fourth-order valence-corrected chi connectivity index (χ4v) is 6.81. The smallest absolute Gasteiger partial charge is 0.309 e. The molecule has 0 heterocycles. The molecule has 2 fully saturated rings. The van der Waals surface area contributed by atoms with Gasteiger partial charge in [0.05, 0.1) is 17.6 Å². The molecule has 0 bridgehead atoms. The van der Waals surface area contributed by atoms with Crippen LogP contribution in [-0.2, 0) is 4.79 Å². The second-order valence-corrected chi connectivity index (χ2v) is 13.8. The van der Waals surface area contributed by atoms with Crippen molar-refractivity contribution in [2.24, 2.45) is 34.5 Å². The third-order valence-corrected chi connectivity index (χ3v) is 9.69. The van der Waals surface area contributed by atoms with Gasteiger partial charge >= 0.3 is 5.97 Å². The highest BCUT2D eigenvalue weighted by molar-refractivity contribution is 5.73. The van der Waals surface area contributed by atoms with E-state index in [1.54, 1.807) is 13.8 Å². The summed E-state index contributed by atoms with van der Waals surface area (Å²) >= 11 is 0. The quantitative estimate of drug-likeness (QED) is 0.168. The average Bonchev–Trinajstić information content (AvgIpc) is 2.83. The molecule has 2 rings (SSSR count). The van der Waals surface area contributed by atoms with Gasteiger partial charge in [0.15, 0.2) is 0 Å². The van der Waals surface area contributed by atoms with Gasteiger partial charge in [0, 0.05) is 6.61 Å². The van der Waals surface area contributed by atoms with Crippen LogP contribution in [0.15, 0.2) is 0 Å². The van der Waals surface area contributed by atoms with Crippen LogP contribution in [0, 0.1) is 34.5 Å². The molecule has 0 aromatic rings. The predicted octanol–water partition coefficient (Wildman–Crippen LogP) is 6.96. The normalized spacial score (nSPS) is 29.9. The number of unbranched alkanes of at least 4 members (excludes halogenated alkanes) is 2. The van der Waals surface area contributed by atoms with E-state index in [4.69, 9.17) is 0 Å². The summed E-state index contributed by atoms with van der Waals surface area (Å²) in [6.07, 6.45) is 17.8. The standard InChI is InChI=1S/C31H58O5/c1-30(2,22-32)20-7-5-12-23-14-9-16-25(27(23)33)18-11-19-26-17-10-15-24(28(26)34)13-6-8-21-31(3,4)29(35)36/h23-28,32-34H,5-22H2,1-4H3,(H,35,36). The SMILES string of the molecule is CC(C)(CO)CCCCC1CCCC(CCCC2CCCC(CCCCC(C)(C)C(=O)O)C2O)C1O. The van der Waals surface area contributed by atoms with Crippen LogP contribution in [0.5, 0.6) is 0 Å². The molecule has 0 amide bonds. The topological polar surface area (TPSA) is 98.0 Å². The van der Waals surface area contributed by atoms with Gasteiger partial charge in [-0.2, -0.15) is 0 Å². The molecule has 0 radical (unpaired) electrons. The minimum Gasteiger partial charge on any atom is -0.481 e. The molecule has 0 aliphatic heterocycles. The Labute approximate surface area is 221 Å². The Kier molecular flexibility index (Phi) is 13.2. The van der Waals surface area contributed by atoms with E-state index in [-0.39, 0.29) is 24.2 Å². The third kappa shape index (κ3) is 10.3. The van der Waals surface area contributed by atoms with Crippen LogP contribution in [0.3, 0.4) is 0 Å². The molecule has 36 heavy (non-hydrogen) atoms. The maximum absolute atomic E-state index is 11.3. The Morgan fingerprint density at radius 3 is 1.44 bits per heavy atom. The van der Waals surface area contributed by atoms with Crippen LogP contribution in [0.4, 0.5) is 0 Å². The van der Waals surface area contributed by atoms with Crippen LogP contribution in [0.25, 0.3) is 0 Å². The van der Waals surface area contributed by atoms with Gasteiger partial charge < -0.3 is 20.4 Å². The van der Waals surface area contributed by atoms with E-state index in [9.17, 15) is 25.2 Å². The summed E-state index contributed by atoms with van der Waals surface area (Å²) in [7, 11) is 0. The van der Waals surface area contributed by atoms with E-state index in [1.165, 1.54) is 12.8 Å². The summed E-state index contributed by atoms with van der Waals surface area (Å²) in [5.74, 6) is 0.850. The average molecular weight is 511 g/mol. The number of carboxylic acid groups (broad SMARTS) is 1. The second kappa shape index (κ2) is 15.1. The zero-order chi connectivity index (χ0) is 26.8. The number of hydrogen-bond acceptors (Lipinski definition) is 4. The molecule has 2 saturated carbocycles. The molecule has 2 aliphatic carbocycles. The van der Waals surface area contributed by atoms with Crippen LogP contribution in [-0.4, -0.2) is 45.2 Å².